The van der Waals surface area contributed by atoms with Gasteiger partial charge in [0.1, 0.15) is 5.60 Å². The Kier molecular flexibility index (Phi) is 5.37. The molecule has 2 unspecified atom stereocenters. The van der Waals surface area contributed by atoms with Gasteiger partial charge >= 0.3 is 6.09 Å². The molecule has 0 aliphatic carbocycles. The molecule has 118 valence electrons. The van der Waals surface area contributed by atoms with E-state index < -0.39 is 16.4 Å². The molecule has 1 fully saturated rings. The van der Waals surface area contributed by atoms with Crippen LogP contribution in [0.3, 0.4) is 0 Å². The predicted octanol–water partition coefficient (Wildman–Crippen LogP) is 3.04. The molecule has 1 saturated heterocycles. The number of rotatable bonds is 3. The quantitative estimate of drug-likeness (QED) is 0.855. The molecule has 2 atom stereocenters. The van der Waals surface area contributed by atoms with Gasteiger partial charge in [0.05, 0.1) is 16.6 Å². The number of nitrogens with zero attached hydrogens (tertiary/aromatic N) is 2. The molecule has 2 rings (SSSR count). The molecule has 0 saturated carbocycles. The fourth-order valence-corrected chi connectivity index (χ4v) is 4.48. The monoisotopic (exact) mass is 330 g/mol. The molecule has 5 nitrogen and oxygen atoms in total. The highest BCUT2D eigenvalue weighted by Crippen LogP contribution is 2.23. The maximum atomic E-state index is 12.3. The van der Waals surface area contributed by atoms with E-state index >= 15 is 0 Å². The molecule has 1 aliphatic heterocycles. The van der Waals surface area contributed by atoms with Gasteiger partial charge in [-0.05, 0) is 40.0 Å². The molecule has 0 N–H and O–H groups in total. The lowest BCUT2D eigenvalue weighted by atomic mass is 10.0. The Morgan fingerprint density at radius 3 is 2.90 bits per heavy atom. The standard InChI is InChI=1S/C14H22N2O3S2/c1-14(2,3)19-13(17)16-8-5-4-6-11(16)10-21(18)12-15-7-9-20-12/h7,9,11H,4-6,8,10H2,1-3H3. The summed E-state index contributed by atoms with van der Waals surface area (Å²) in [6, 6.07) is -0.0293. The fourth-order valence-electron chi connectivity index (χ4n) is 2.30. The van der Waals surface area contributed by atoms with Gasteiger partial charge in [-0.3, -0.25) is 4.21 Å². The molecule has 0 bridgehead atoms. The van der Waals surface area contributed by atoms with Gasteiger partial charge < -0.3 is 9.64 Å². The Labute approximate surface area is 132 Å². The number of hydrogen-bond acceptors (Lipinski definition) is 5. The van der Waals surface area contributed by atoms with Crippen molar-refractivity contribution in [3.05, 3.63) is 11.6 Å². The lowest BCUT2D eigenvalue weighted by Gasteiger charge is -2.36. The van der Waals surface area contributed by atoms with Crippen molar-refractivity contribution in [3.63, 3.8) is 0 Å². The van der Waals surface area contributed by atoms with Crippen LogP contribution in [-0.2, 0) is 15.5 Å². The summed E-state index contributed by atoms with van der Waals surface area (Å²) in [6.45, 7) is 6.25. The zero-order valence-electron chi connectivity index (χ0n) is 12.7. The fraction of sp³-hybridized carbons (Fsp3) is 0.714. The molecule has 1 aromatic rings. The minimum absolute atomic E-state index is 0.0293. The summed E-state index contributed by atoms with van der Waals surface area (Å²) in [4.78, 5) is 18.1. The maximum absolute atomic E-state index is 12.3. The van der Waals surface area contributed by atoms with Crippen molar-refractivity contribution in [2.75, 3.05) is 12.3 Å². The summed E-state index contributed by atoms with van der Waals surface area (Å²) < 4.78 is 18.4. The lowest BCUT2D eigenvalue weighted by molar-refractivity contribution is 0.0125. The zero-order chi connectivity index (χ0) is 15.5. The van der Waals surface area contributed by atoms with Gasteiger partial charge in [0.15, 0.2) is 4.34 Å². The molecule has 7 heteroatoms. The van der Waals surface area contributed by atoms with Gasteiger partial charge in [-0.25, -0.2) is 9.78 Å². The second-order valence-electron chi connectivity index (χ2n) is 6.13. The molecule has 1 amide bonds. The number of carbonyl (C=O) groups is 1. The van der Waals surface area contributed by atoms with Crippen molar-refractivity contribution in [3.8, 4) is 0 Å². The third kappa shape index (κ3) is 4.78. The number of thiazole rings is 1. The van der Waals surface area contributed by atoms with Gasteiger partial charge in [0.25, 0.3) is 0 Å². The third-order valence-corrected chi connectivity index (χ3v) is 5.80. The second-order valence-corrected chi connectivity index (χ2v) is 8.70. The van der Waals surface area contributed by atoms with Crippen LogP contribution < -0.4 is 0 Å². The normalized spacial score (nSPS) is 21.1. The van der Waals surface area contributed by atoms with E-state index in [-0.39, 0.29) is 12.1 Å². The van der Waals surface area contributed by atoms with Crippen LogP contribution in [0.4, 0.5) is 4.79 Å². The first-order chi connectivity index (χ1) is 9.87. The summed E-state index contributed by atoms with van der Waals surface area (Å²) in [5.74, 6) is 0.437. The minimum Gasteiger partial charge on any atom is -0.444 e. The van der Waals surface area contributed by atoms with Crippen molar-refractivity contribution in [1.29, 1.82) is 0 Å². The Morgan fingerprint density at radius 2 is 2.29 bits per heavy atom. The topological polar surface area (TPSA) is 59.5 Å². The van der Waals surface area contributed by atoms with E-state index in [1.54, 1.807) is 11.1 Å². The van der Waals surface area contributed by atoms with Crippen LogP contribution in [-0.4, -0.2) is 44.1 Å². The summed E-state index contributed by atoms with van der Waals surface area (Å²) in [5, 5.41) is 1.82. The number of amides is 1. The zero-order valence-corrected chi connectivity index (χ0v) is 14.3. The summed E-state index contributed by atoms with van der Waals surface area (Å²) >= 11 is 1.39. The smallest absolute Gasteiger partial charge is 0.410 e. The van der Waals surface area contributed by atoms with Crippen LogP contribution in [0.2, 0.25) is 0 Å². The minimum atomic E-state index is -1.15. The molecule has 0 radical (unpaired) electrons. The molecule has 2 heterocycles. The van der Waals surface area contributed by atoms with Crippen LogP contribution in [0.25, 0.3) is 0 Å². The number of hydrogen-bond donors (Lipinski definition) is 0. The van der Waals surface area contributed by atoms with Crippen LogP contribution in [0.5, 0.6) is 0 Å². The summed E-state index contributed by atoms with van der Waals surface area (Å²) in [6.07, 6.45) is 4.25. The lowest BCUT2D eigenvalue weighted by Crippen LogP contribution is -2.48. The van der Waals surface area contributed by atoms with Gasteiger partial charge in [0, 0.05) is 24.2 Å². The number of aromatic nitrogens is 1. The van der Waals surface area contributed by atoms with E-state index in [0.717, 1.165) is 19.3 Å². The third-order valence-electron chi connectivity index (χ3n) is 3.20. The van der Waals surface area contributed by atoms with Gasteiger partial charge in [0.2, 0.25) is 0 Å². The Hall–Kier alpha value is -0.950. The van der Waals surface area contributed by atoms with Crippen molar-refractivity contribution < 1.29 is 13.7 Å². The number of ether oxygens (including phenoxy) is 1. The highest BCUT2D eigenvalue weighted by atomic mass is 32.2. The van der Waals surface area contributed by atoms with E-state index in [0.29, 0.717) is 16.6 Å². The first-order valence-electron chi connectivity index (χ1n) is 7.14. The van der Waals surface area contributed by atoms with E-state index in [1.807, 2.05) is 26.2 Å². The second kappa shape index (κ2) is 6.87. The van der Waals surface area contributed by atoms with E-state index in [4.69, 9.17) is 4.74 Å². The first kappa shape index (κ1) is 16.4. The molecule has 0 aromatic carbocycles. The van der Waals surface area contributed by atoms with Crippen molar-refractivity contribution in [1.82, 2.24) is 9.88 Å². The average molecular weight is 330 g/mol. The number of likely N-dealkylation sites (tertiary alicyclic amines) is 1. The number of piperidine rings is 1. The van der Waals surface area contributed by atoms with E-state index in [9.17, 15) is 9.00 Å². The predicted molar refractivity (Wildman–Crippen MR) is 84.0 cm³/mol. The highest BCUT2D eigenvalue weighted by molar-refractivity contribution is 7.87. The number of carbonyl (C=O) groups excluding carboxylic acids is 1. The van der Waals surface area contributed by atoms with Crippen LogP contribution in [0.15, 0.2) is 15.9 Å². The highest BCUT2D eigenvalue weighted by Gasteiger charge is 2.32. The van der Waals surface area contributed by atoms with Gasteiger partial charge in [-0.2, -0.15) is 0 Å². The van der Waals surface area contributed by atoms with Crippen molar-refractivity contribution in [2.45, 2.75) is 56.0 Å². The van der Waals surface area contributed by atoms with Crippen LogP contribution >= 0.6 is 11.3 Å². The average Bonchev–Trinajstić information content (AvgIpc) is 2.91. The Bertz CT molecular complexity index is 497. The summed E-state index contributed by atoms with van der Waals surface area (Å²) in [5.41, 5.74) is -0.506. The van der Waals surface area contributed by atoms with E-state index in [1.165, 1.54) is 11.3 Å². The maximum Gasteiger partial charge on any atom is 0.410 e. The SMILES string of the molecule is CC(C)(C)OC(=O)N1CCCCC1CS(=O)c1nccs1. The van der Waals surface area contributed by atoms with Crippen molar-refractivity contribution in [2.24, 2.45) is 0 Å². The molecule has 21 heavy (non-hydrogen) atoms. The van der Waals surface area contributed by atoms with Gasteiger partial charge in [-0.1, -0.05) is 0 Å². The summed E-state index contributed by atoms with van der Waals surface area (Å²) in [7, 11) is -1.15. The molecule has 1 aliphatic rings. The van der Waals surface area contributed by atoms with E-state index in [2.05, 4.69) is 4.98 Å². The molecular formula is C14H22N2O3S2. The largest absolute Gasteiger partial charge is 0.444 e. The molecule has 1 aromatic heterocycles. The Morgan fingerprint density at radius 1 is 1.52 bits per heavy atom. The Balaban J connectivity index is 2.02. The van der Waals surface area contributed by atoms with Crippen molar-refractivity contribution >= 4 is 28.2 Å². The van der Waals surface area contributed by atoms with Gasteiger partial charge in [-0.15, -0.1) is 11.3 Å². The van der Waals surface area contributed by atoms with Crippen LogP contribution in [0, 0.1) is 0 Å². The van der Waals surface area contributed by atoms with Crippen LogP contribution in [0.1, 0.15) is 40.0 Å². The molecule has 0 spiro atoms. The molecular weight excluding hydrogens is 308 g/mol. The first-order valence-corrected chi connectivity index (χ1v) is 9.34.